The van der Waals surface area contributed by atoms with Gasteiger partial charge in [-0.25, -0.2) is 13.1 Å². The summed E-state index contributed by atoms with van der Waals surface area (Å²) in [5, 5.41) is 7.89. The van der Waals surface area contributed by atoms with Gasteiger partial charge in [0, 0.05) is 55.6 Å². The minimum absolute atomic E-state index is 0.509. The topological polar surface area (TPSA) is 98.6 Å². The number of benzene rings is 2. The highest BCUT2D eigenvalue weighted by molar-refractivity contribution is 7.92. The van der Waals surface area contributed by atoms with Crippen LogP contribution in [-0.4, -0.2) is 67.6 Å². The van der Waals surface area contributed by atoms with Gasteiger partial charge in [0.05, 0.1) is 18.5 Å². The predicted molar refractivity (Wildman–Crippen MR) is 141 cm³/mol. The van der Waals surface area contributed by atoms with Crippen LogP contribution in [-0.2, 0) is 16.6 Å². The first-order chi connectivity index (χ1) is 16.7. The Morgan fingerprint density at radius 1 is 0.971 bits per heavy atom. The third-order valence-electron chi connectivity index (χ3n) is 6.18. The van der Waals surface area contributed by atoms with Crippen LogP contribution >= 0.6 is 0 Å². The Labute approximate surface area is 205 Å². The highest BCUT2D eigenvalue weighted by Gasteiger charge is 2.19. The molecular formula is C24H30N8O2S. The lowest BCUT2D eigenvalue weighted by molar-refractivity contribution is 0.312. The summed E-state index contributed by atoms with van der Waals surface area (Å²) in [6.45, 7) is 6.87. The minimum Gasteiger partial charge on any atom is -0.369 e. The van der Waals surface area contributed by atoms with Crippen molar-refractivity contribution in [2.45, 2.75) is 13.5 Å². The molecule has 1 fully saturated rings. The maximum absolute atomic E-state index is 11.6. The van der Waals surface area contributed by atoms with Crippen LogP contribution < -0.4 is 19.8 Å². The van der Waals surface area contributed by atoms with Crippen molar-refractivity contribution in [3.8, 4) is 0 Å². The van der Waals surface area contributed by atoms with Crippen molar-refractivity contribution >= 4 is 44.9 Å². The number of hydrogen-bond acceptors (Lipinski definition) is 8. The molecule has 0 atom stereocenters. The first kappa shape index (κ1) is 23.2. The van der Waals surface area contributed by atoms with Crippen LogP contribution in [0.4, 0.5) is 28.7 Å². The average molecular weight is 495 g/mol. The minimum atomic E-state index is -3.34. The van der Waals surface area contributed by atoms with Crippen molar-refractivity contribution in [3.05, 3.63) is 60.1 Å². The van der Waals surface area contributed by atoms with E-state index in [-0.39, 0.29) is 0 Å². The van der Waals surface area contributed by atoms with E-state index in [1.54, 1.807) is 16.8 Å². The van der Waals surface area contributed by atoms with E-state index in [9.17, 15) is 8.42 Å². The zero-order valence-corrected chi connectivity index (χ0v) is 21.0. The summed E-state index contributed by atoms with van der Waals surface area (Å²) in [7, 11) is -1.18. The van der Waals surface area contributed by atoms with Gasteiger partial charge in [0.15, 0.2) is 5.82 Å². The van der Waals surface area contributed by atoms with E-state index in [4.69, 9.17) is 0 Å². The molecule has 2 aliphatic rings. The molecule has 0 amide bonds. The van der Waals surface area contributed by atoms with Gasteiger partial charge in [0.1, 0.15) is 0 Å². The molecule has 1 saturated heterocycles. The Hall–Kier alpha value is -3.57. The van der Waals surface area contributed by atoms with Gasteiger partial charge < -0.3 is 20.0 Å². The zero-order valence-electron chi connectivity index (χ0n) is 20.1. The number of hydrogen-bond donors (Lipinski definition) is 2. The third-order valence-corrected chi connectivity index (χ3v) is 6.79. The summed E-state index contributed by atoms with van der Waals surface area (Å²) in [6, 6.07) is 13.6. The molecule has 1 aromatic heterocycles. The number of piperazine rings is 1. The van der Waals surface area contributed by atoms with E-state index in [1.807, 2.05) is 29.4 Å². The number of nitrogens with one attached hydrogen (secondary N) is 2. The lowest BCUT2D eigenvalue weighted by Gasteiger charge is -2.35. The van der Waals surface area contributed by atoms with Gasteiger partial charge >= 0.3 is 0 Å². The molecule has 184 valence electrons. The highest BCUT2D eigenvalue weighted by atomic mass is 32.2. The fraction of sp³-hybridized carbons (Fsp3) is 0.333. The lowest BCUT2D eigenvalue weighted by atomic mass is 10.1. The molecule has 0 aliphatic carbocycles. The number of aryl methyl sites for hydroxylation is 1. The normalized spacial score (nSPS) is 16.3. The van der Waals surface area contributed by atoms with Crippen molar-refractivity contribution in [1.29, 1.82) is 0 Å². The summed E-state index contributed by atoms with van der Waals surface area (Å²) in [4.78, 5) is 11.5. The number of rotatable bonds is 6. The summed E-state index contributed by atoms with van der Waals surface area (Å²) in [6.07, 6.45) is 4.88. The lowest BCUT2D eigenvalue weighted by Crippen LogP contribution is -2.44. The molecule has 0 spiro atoms. The molecule has 10 nitrogen and oxygen atoms in total. The number of fused-ring (bicyclic) bond motifs is 1. The third kappa shape index (κ3) is 5.41. The molecule has 11 heteroatoms. The molecule has 5 rings (SSSR count). The van der Waals surface area contributed by atoms with Gasteiger partial charge in [0.25, 0.3) is 0 Å². The Balaban J connectivity index is 1.27. The molecule has 0 radical (unpaired) electrons. The largest absolute Gasteiger partial charge is 0.369 e. The first-order valence-electron chi connectivity index (χ1n) is 11.5. The standard InChI is InChI=1S/C24H30N8O2S/c1-18-15-19(7-8-22(18)30-11-9-29(2)10-12-30)25-24-26-23-17-31(13-14-32(23)27-24)21-6-4-5-20(16-21)28-35(3,33)34/h4-8,13-16,28H,9-12,17H2,1-3H3,(H,25,27). The fourth-order valence-corrected chi connectivity index (χ4v) is 4.94. The predicted octanol–water partition coefficient (Wildman–Crippen LogP) is 2.90. The van der Waals surface area contributed by atoms with E-state index in [0.717, 1.165) is 49.6 Å². The second kappa shape index (κ2) is 9.23. The molecule has 3 heterocycles. The number of anilines is 5. The average Bonchev–Trinajstić information content (AvgIpc) is 3.20. The molecule has 2 aromatic carbocycles. The first-order valence-corrected chi connectivity index (χ1v) is 13.4. The number of sulfonamides is 1. The Morgan fingerprint density at radius 2 is 1.77 bits per heavy atom. The van der Waals surface area contributed by atoms with E-state index < -0.39 is 10.0 Å². The summed E-state index contributed by atoms with van der Waals surface area (Å²) >= 11 is 0. The van der Waals surface area contributed by atoms with Gasteiger partial charge in [-0.15, -0.1) is 5.10 Å². The smallest absolute Gasteiger partial charge is 0.247 e. The number of likely N-dealkylation sites (N-methyl/N-ethyl adjacent to an activating group) is 1. The van der Waals surface area contributed by atoms with E-state index in [2.05, 4.69) is 62.1 Å². The quantitative estimate of drug-likeness (QED) is 0.540. The number of nitrogens with zero attached hydrogens (tertiary/aromatic N) is 6. The van der Waals surface area contributed by atoms with Gasteiger partial charge in [-0.3, -0.25) is 4.72 Å². The molecule has 2 aliphatic heterocycles. The van der Waals surface area contributed by atoms with Crippen LogP contribution in [0.15, 0.2) is 48.7 Å². The Bertz CT molecular complexity index is 1360. The Morgan fingerprint density at radius 3 is 2.51 bits per heavy atom. The fourth-order valence-electron chi connectivity index (χ4n) is 4.39. The summed E-state index contributed by atoms with van der Waals surface area (Å²) in [5.74, 6) is 1.31. The van der Waals surface area contributed by atoms with Crippen molar-refractivity contribution in [3.63, 3.8) is 0 Å². The molecule has 0 bridgehead atoms. The highest BCUT2D eigenvalue weighted by Crippen LogP contribution is 2.28. The zero-order chi connectivity index (χ0) is 24.6. The van der Waals surface area contributed by atoms with Crippen molar-refractivity contribution in [2.75, 3.05) is 59.3 Å². The van der Waals surface area contributed by atoms with Gasteiger partial charge in [-0.1, -0.05) is 6.07 Å². The molecule has 35 heavy (non-hydrogen) atoms. The van der Waals surface area contributed by atoms with Gasteiger partial charge in [-0.2, -0.15) is 4.98 Å². The monoisotopic (exact) mass is 494 g/mol. The molecule has 0 saturated carbocycles. The summed E-state index contributed by atoms with van der Waals surface area (Å²) in [5.41, 5.74) is 4.81. The number of aromatic nitrogens is 3. The van der Waals surface area contributed by atoms with E-state index >= 15 is 0 Å². The summed E-state index contributed by atoms with van der Waals surface area (Å²) < 4.78 is 27.4. The second-order valence-corrected chi connectivity index (χ2v) is 10.8. The Kier molecular flexibility index (Phi) is 6.12. The van der Waals surface area contributed by atoms with Crippen LogP contribution in [0.5, 0.6) is 0 Å². The van der Waals surface area contributed by atoms with Crippen LogP contribution in [0.1, 0.15) is 11.4 Å². The van der Waals surface area contributed by atoms with Gasteiger partial charge in [0.2, 0.25) is 16.0 Å². The van der Waals surface area contributed by atoms with Crippen molar-refractivity contribution in [1.82, 2.24) is 19.7 Å². The van der Waals surface area contributed by atoms with E-state index in [1.165, 1.54) is 11.3 Å². The van der Waals surface area contributed by atoms with Crippen molar-refractivity contribution in [2.24, 2.45) is 0 Å². The van der Waals surface area contributed by atoms with E-state index in [0.29, 0.717) is 18.2 Å². The van der Waals surface area contributed by atoms with Crippen LogP contribution in [0.3, 0.4) is 0 Å². The maximum atomic E-state index is 11.6. The SMILES string of the molecule is Cc1cc(Nc2nc3n(n2)C=CN(c2cccc(NS(C)(=O)=O)c2)C3)ccc1N1CCN(C)CC1. The van der Waals surface area contributed by atoms with Crippen molar-refractivity contribution < 1.29 is 8.42 Å². The molecule has 0 unspecified atom stereocenters. The molecular weight excluding hydrogens is 464 g/mol. The second-order valence-electron chi connectivity index (χ2n) is 9.06. The van der Waals surface area contributed by atoms with Crippen LogP contribution in [0, 0.1) is 6.92 Å². The maximum Gasteiger partial charge on any atom is 0.247 e. The van der Waals surface area contributed by atoms with Crippen LogP contribution in [0.2, 0.25) is 0 Å². The van der Waals surface area contributed by atoms with Gasteiger partial charge in [-0.05, 0) is 55.9 Å². The molecule has 3 aromatic rings. The molecule has 2 N–H and O–H groups in total. The van der Waals surface area contributed by atoms with Crippen LogP contribution in [0.25, 0.3) is 6.20 Å².